The van der Waals surface area contributed by atoms with Crippen LogP contribution < -0.4 is 12.4 Å². The van der Waals surface area contributed by atoms with Crippen molar-refractivity contribution < 1.29 is 29.5 Å². The molecule has 0 saturated carbocycles. The minimum Gasteiger partial charge on any atom is -1.00 e. The third-order valence-electron chi connectivity index (χ3n) is 0.847. The van der Waals surface area contributed by atoms with Gasteiger partial charge in [0.25, 0.3) is 0 Å². The second-order valence-corrected chi connectivity index (χ2v) is 1.40. The second kappa shape index (κ2) is 6.68. The molecule has 0 saturated heterocycles. The van der Waals surface area contributed by atoms with Crippen molar-refractivity contribution in [2.75, 3.05) is 0 Å². The zero-order valence-electron chi connectivity index (χ0n) is 5.01. The molecule has 0 fully saturated rings. The van der Waals surface area contributed by atoms with Crippen LogP contribution in [0.1, 0.15) is 0 Å². The molecule has 1 rings (SSSR count). The number of rotatable bonds is 0. The van der Waals surface area contributed by atoms with E-state index in [4.69, 9.17) is 5.26 Å². The van der Waals surface area contributed by atoms with E-state index in [-0.39, 0.29) is 29.5 Å². The minimum atomic E-state index is 0. The molecule has 3 heteroatoms. The Balaban J connectivity index is 0. The Morgan fingerprint density at radius 2 is 2.10 bits per heavy atom. The van der Waals surface area contributed by atoms with Crippen molar-refractivity contribution in [3.05, 3.63) is 36.0 Å². The summed E-state index contributed by atoms with van der Waals surface area (Å²) >= 11 is 0. The van der Waals surface area contributed by atoms with Crippen molar-refractivity contribution in [3.8, 4) is 6.07 Å². The van der Waals surface area contributed by atoms with Crippen LogP contribution in [0.3, 0.4) is 0 Å². The summed E-state index contributed by atoms with van der Waals surface area (Å²) in [4.78, 5) is 0. The first-order valence-electron chi connectivity index (χ1n) is 2.29. The summed E-state index contributed by atoms with van der Waals surface area (Å²) in [5.41, 5.74) is 3.50. The largest absolute Gasteiger partial charge is 1.00 e. The molecule has 1 aliphatic carbocycles. The number of hydrogen-bond donors (Lipinski definition) is 0. The van der Waals surface area contributed by atoms with Crippen molar-refractivity contribution in [2.24, 2.45) is 0 Å². The number of allylic oxidation sites excluding steroid dienone is 3. The predicted molar refractivity (Wildman–Crippen MR) is 30.6 cm³/mol. The normalized spacial score (nSPS) is 12.1. The van der Waals surface area contributed by atoms with Crippen LogP contribution in [0.15, 0.2) is 29.5 Å². The predicted octanol–water partition coefficient (Wildman–Crippen LogP) is -1.63. The standard InChI is InChI=1S/C7H4N.ClH.Mn/c8-6-7-4-2-1-3-5-7;;/h2-5H;1H;/p-1. The van der Waals surface area contributed by atoms with E-state index >= 15 is 0 Å². The van der Waals surface area contributed by atoms with Gasteiger partial charge < -0.3 is 12.4 Å². The molecular weight excluding hydrogens is 188 g/mol. The molecule has 2 radical (unpaired) electrons. The van der Waals surface area contributed by atoms with Gasteiger partial charge in [0.15, 0.2) is 0 Å². The molecule has 0 aromatic carbocycles. The van der Waals surface area contributed by atoms with E-state index < -0.39 is 0 Å². The van der Waals surface area contributed by atoms with Crippen molar-refractivity contribution in [1.29, 1.82) is 5.26 Å². The first-order valence-corrected chi connectivity index (χ1v) is 2.29. The SMILES string of the molecule is N#CC1=CC=C=C[CH]1.[Cl-].[Mn]. The Hall–Kier alpha value is -0.441. The third-order valence-corrected chi connectivity index (χ3v) is 0.847. The molecular formula is C7H4ClMnN-. The topological polar surface area (TPSA) is 23.8 Å². The van der Waals surface area contributed by atoms with Crippen LogP contribution in [0.2, 0.25) is 0 Å². The molecule has 0 atom stereocenters. The molecule has 0 N–H and O–H groups in total. The molecule has 52 valence electrons. The molecule has 1 aliphatic rings. The van der Waals surface area contributed by atoms with Gasteiger partial charge in [0, 0.05) is 29.1 Å². The smallest absolute Gasteiger partial charge is 0.0954 e. The van der Waals surface area contributed by atoms with Gasteiger partial charge in [-0.3, -0.25) is 0 Å². The molecule has 10 heavy (non-hydrogen) atoms. The average molecular weight is 193 g/mol. The van der Waals surface area contributed by atoms with Gasteiger partial charge in [0.1, 0.15) is 0 Å². The Bertz CT molecular complexity index is 218. The van der Waals surface area contributed by atoms with Gasteiger partial charge in [0.05, 0.1) is 6.07 Å². The fourth-order valence-electron chi connectivity index (χ4n) is 0.461. The van der Waals surface area contributed by atoms with Gasteiger partial charge in [-0.2, -0.15) is 5.26 Å². The minimum absolute atomic E-state index is 0. The maximum absolute atomic E-state index is 8.27. The van der Waals surface area contributed by atoms with E-state index in [0.717, 1.165) is 0 Å². The van der Waals surface area contributed by atoms with Crippen LogP contribution in [0.4, 0.5) is 0 Å². The van der Waals surface area contributed by atoms with Crippen LogP contribution in [0.25, 0.3) is 0 Å². The molecule has 0 aromatic rings. The Morgan fingerprint density at radius 3 is 2.40 bits per heavy atom. The first-order chi connectivity index (χ1) is 3.93. The fourth-order valence-corrected chi connectivity index (χ4v) is 0.461. The van der Waals surface area contributed by atoms with E-state index in [9.17, 15) is 0 Å². The van der Waals surface area contributed by atoms with Gasteiger partial charge >= 0.3 is 0 Å². The van der Waals surface area contributed by atoms with E-state index in [1.54, 1.807) is 24.6 Å². The van der Waals surface area contributed by atoms with E-state index in [1.807, 2.05) is 6.07 Å². The van der Waals surface area contributed by atoms with Gasteiger partial charge in [-0.05, 0) is 18.2 Å². The van der Waals surface area contributed by atoms with Gasteiger partial charge in [-0.25, -0.2) is 0 Å². The first kappa shape index (κ1) is 12.3. The summed E-state index contributed by atoms with van der Waals surface area (Å²) in [5, 5.41) is 8.27. The molecule has 0 aliphatic heterocycles. The third kappa shape index (κ3) is 3.56. The maximum Gasteiger partial charge on any atom is 0.0954 e. The molecule has 0 bridgehead atoms. The van der Waals surface area contributed by atoms with E-state index in [1.165, 1.54) is 0 Å². The van der Waals surface area contributed by atoms with Crippen molar-refractivity contribution in [2.45, 2.75) is 0 Å². The van der Waals surface area contributed by atoms with Crippen LogP contribution in [-0.2, 0) is 17.1 Å². The van der Waals surface area contributed by atoms with Crippen LogP contribution >= 0.6 is 0 Å². The molecule has 1 nitrogen and oxygen atoms in total. The monoisotopic (exact) mass is 192 g/mol. The Labute approximate surface area is 77.0 Å². The summed E-state index contributed by atoms with van der Waals surface area (Å²) in [6, 6.07) is 2.01. The van der Waals surface area contributed by atoms with Crippen molar-refractivity contribution in [1.82, 2.24) is 0 Å². The molecule has 0 heterocycles. The molecule has 0 unspecified atom stereocenters. The summed E-state index contributed by atoms with van der Waals surface area (Å²) in [6.45, 7) is 0. The average Bonchev–Trinajstić information content (AvgIpc) is 1.90. The summed E-state index contributed by atoms with van der Waals surface area (Å²) in [7, 11) is 0. The molecule has 0 aromatic heterocycles. The Morgan fingerprint density at radius 1 is 1.40 bits per heavy atom. The quantitative estimate of drug-likeness (QED) is 0.334. The van der Waals surface area contributed by atoms with E-state index in [0.29, 0.717) is 5.57 Å². The van der Waals surface area contributed by atoms with Gasteiger partial charge in [0.2, 0.25) is 0 Å². The zero-order valence-corrected chi connectivity index (χ0v) is 6.95. The van der Waals surface area contributed by atoms with Crippen LogP contribution in [0.5, 0.6) is 0 Å². The van der Waals surface area contributed by atoms with Gasteiger partial charge in [-0.15, -0.1) is 5.73 Å². The summed E-state index contributed by atoms with van der Waals surface area (Å²) in [6.07, 6.45) is 6.89. The fraction of sp³-hybridized carbons (Fsp3) is 0. The maximum atomic E-state index is 8.27. The van der Waals surface area contributed by atoms with Crippen LogP contribution in [0, 0.1) is 17.8 Å². The number of hydrogen-bond acceptors (Lipinski definition) is 1. The molecule has 0 amide bonds. The van der Waals surface area contributed by atoms with Crippen LogP contribution in [-0.4, -0.2) is 0 Å². The summed E-state index contributed by atoms with van der Waals surface area (Å²) in [5.74, 6) is 0. The zero-order chi connectivity index (χ0) is 5.82. The number of halogens is 1. The summed E-state index contributed by atoms with van der Waals surface area (Å²) < 4.78 is 0. The van der Waals surface area contributed by atoms with Crippen molar-refractivity contribution in [3.63, 3.8) is 0 Å². The Kier molecular flexibility index (Phi) is 8.18. The second-order valence-electron chi connectivity index (χ2n) is 1.40. The molecule has 0 spiro atoms. The number of nitriles is 1. The van der Waals surface area contributed by atoms with Gasteiger partial charge in [-0.1, -0.05) is 0 Å². The van der Waals surface area contributed by atoms with Crippen molar-refractivity contribution >= 4 is 0 Å². The van der Waals surface area contributed by atoms with E-state index in [2.05, 4.69) is 5.73 Å². The number of nitrogens with zero attached hydrogens (tertiary/aromatic N) is 1.